The predicted octanol–water partition coefficient (Wildman–Crippen LogP) is 0.467. The Kier molecular flexibility index (Phi) is 2.75. The van der Waals surface area contributed by atoms with Gasteiger partial charge in [-0.05, 0) is 25.9 Å². The lowest BCUT2D eigenvalue weighted by Crippen LogP contribution is -2.19. The highest BCUT2D eigenvalue weighted by atomic mass is 15.3. The summed E-state index contributed by atoms with van der Waals surface area (Å²) in [4.78, 5) is 6.58. The molecule has 0 unspecified atom stereocenters. The number of nitriles is 1. The van der Waals surface area contributed by atoms with E-state index in [-0.39, 0.29) is 6.42 Å². The van der Waals surface area contributed by atoms with Crippen molar-refractivity contribution in [3.8, 4) is 6.07 Å². The van der Waals surface area contributed by atoms with Gasteiger partial charge in [0.2, 0.25) is 0 Å². The molecule has 0 aliphatic carbocycles. The topological polar surface area (TPSA) is 68.6 Å². The van der Waals surface area contributed by atoms with Crippen molar-refractivity contribution in [3.05, 3.63) is 11.6 Å². The van der Waals surface area contributed by atoms with Crippen molar-refractivity contribution in [2.45, 2.75) is 25.8 Å². The van der Waals surface area contributed by atoms with Gasteiger partial charge in [0.15, 0.2) is 5.82 Å². The first kappa shape index (κ1) is 9.16. The summed E-state index contributed by atoms with van der Waals surface area (Å²) in [5.41, 5.74) is 0. The maximum atomic E-state index is 8.46. The van der Waals surface area contributed by atoms with Crippen molar-refractivity contribution in [2.75, 3.05) is 13.1 Å². The third kappa shape index (κ3) is 2.09. The van der Waals surface area contributed by atoms with E-state index >= 15 is 0 Å². The number of aromatic amines is 1. The average Bonchev–Trinajstić information content (AvgIpc) is 2.79. The number of nitrogens with zero attached hydrogens (tertiary/aromatic N) is 4. The molecule has 5 heteroatoms. The Morgan fingerprint density at radius 1 is 1.43 bits per heavy atom. The minimum absolute atomic E-state index is 0.288. The highest BCUT2D eigenvalue weighted by molar-refractivity contribution is 4.96. The first-order chi connectivity index (χ1) is 6.88. The molecule has 14 heavy (non-hydrogen) atoms. The third-order valence-corrected chi connectivity index (χ3v) is 2.39. The Morgan fingerprint density at radius 3 is 2.93 bits per heavy atom. The Bertz CT molecular complexity index is 331. The van der Waals surface area contributed by atoms with Crippen molar-refractivity contribution in [1.82, 2.24) is 20.1 Å². The monoisotopic (exact) mass is 191 g/mol. The molecular formula is C9H13N5. The van der Waals surface area contributed by atoms with E-state index in [1.807, 2.05) is 6.07 Å². The van der Waals surface area contributed by atoms with Gasteiger partial charge in [0, 0.05) is 0 Å². The van der Waals surface area contributed by atoms with Gasteiger partial charge < -0.3 is 0 Å². The summed E-state index contributed by atoms with van der Waals surface area (Å²) in [6.07, 6.45) is 2.84. The van der Waals surface area contributed by atoms with E-state index < -0.39 is 0 Å². The standard InChI is InChI=1S/C9H13N5/c10-4-3-8-11-9(13-12-8)7-14-5-1-2-6-14/h1-3,5-7H2,(H,11,12,13). The second-order valence-electron chi connectivity index (χ2n) is 3.52. The number of aromatic nitrogens is 3. The van der Waals surface area contributed by atoms with E-state index in [9.17, 15) is 0 Å². The molecule has 1 aliphatic heterocycles. The number of rotatable bonds is 3. The first-order valence-electron chi connectivity index (χ1n) is 4.88. The quantitative estimate of drug-likeness (QED) is 0.754. The van der Waals surface area contributed by atoms with E-state index in [1.165, 1.54) is 12.8 Å². The van der Waals surface area contributed by atoms with E-state index in [1.54, 1.807) is 0 Å². The minimum Gasteiger partial charge on any atom is -0.296 e. The van der Waals surface area contributed by atoms with E-state index in [4.69, 9.17) is 5.26 Å². The van der Waals surface area contributed by atoms with Crippen LogP contribution in [0.4, 0.5) is 0 Å². The lowest BCUT2D eigenvalue weighted by molar-refractivity contribution is 0.323. The second-order valence-corrected chi connectivity index (χ2v) is 3.52. The van der Waals surface area contributed by atoms with Crippen molar-refractivity contribution in [1.29, 1.82) is 5.26 Å². The maximum Gasteiger partial charge on any atom is 0.164 e. The van der Waals surface area contributed by atoms with Gasteiger partial charge >= 0.3 is 0 Å². The lowest BCUT2D eigenvalue weighted by atomic mass is 10.4. The van der Waals surface area contributed by atoms with E-state index in [2.05, 4.69) is 20.1 Å². The van der Waals surface area contributed by atoms with Crippen molar-refractivity contribution >= 4 is 0 Å². The number of likely N-dealkylation sites (tertiary alicyclic amines) is 1. The van der Waals surface area contributed by atoms with Crippen LogP contribution >= 0.6 is 0 Å². The van der Waals surface area contributed by atoms with Crippen LogP contribution in [0.25, 0.3) is 0 Å². The third-order valence-electron chi connectivity index (χ3n) is 2.39. The highest BCUT2D eigenvalue weighted by Crippen LogP contribution is 2.09. The zero-order chi connectivity index (χ0) is 9.80. The van der Waals surface area contributed by atoms with Crippen LogP contribution in [0.15, 0.2) is 0 Å². The zero-order valence-electron chi connectivity index (χ0n) is 8.03. The van der Waals surface area contributed by atoms with Gasteiger partial charge in [0.25, 0.3) is 0 Å². The number of H-pyrrole nitrogens is 1. The lowest BCUT2D eigenvalue weighted by Gasteiger charge is -2.10. The summed E-state index contributed by atoms with van der Waals surface area (Å²) in [5.74, 6) is 1.47. The summed E-state index contributed by atoms with van der Waals surface area (Å²) in [7, 11) is 0. The SMILES string of the molecule is N#CCc1n[nH]c(CN2CCCC2)n1. The van der Waals surface area contributed by atoms with Crippen LogP contribution < -0.4 is 0 Å². The molecule has 0 aromatic carbocycles. The fraction of sp³-hybridized carbons (Fsp3) is 0.667. The van der Waals surface area contributed by atoms with Crippen LogP contribution in [0.1, 0.15) is 24.5 Å². The first-order valence-corrected chi connectivity index (χ1v) is 4.88. The number of hydrogen-bond donors (Lipinski definition) is 1. The molecule has 0 atom stereocenters. The van der Waals surface area contributed by atoms with Crippen LogP contribution in [0.3, 0.4) is 0 Å². The predicted molar refractivity (Wildman–Crippen MR) is 50.2 cm³/mol. The Hall–Kier alpha value is -1.41. The van der Waals surface area contributed by atoms with Gasteiger partial charge in [0.1, 0.15) is 5.82 Å². The smallest absolute Gasteiger partial charge is 0.164 e. The molecule has 1 aliphatic rings. The summed E-state index contributed by atoms with van der Waals surface area (Å²) in [6.45, 7) is 3.13. The van der Waals surface area contributed by atoms with Gasteiger partial charge in [-0.2, -0.15) is 10.4 Å². The fourth-order valence-electron chi connectivity index (χ4n) is 1.71. The van der Waals surface area contributed by atoms with E-state index in [0.717, 1.165) is 25.5 Å². The van der Waals surface area contributed by atoms with Crippen molar-refractivity contribution < 1.29 is 0 Å². The minimum atomic E-state index is 0.288. The Balaban J connectivity index is 1.92. The van der Waals surface area contributed by atoms with Gasteiger partial charge in [0.05, 0.1) is 19.0 Å². The van der Waals surface area contributed by atoms with Gasteiger partial charge in [-0.25, -0.2) is 4.98 Å². The highest BCUT2D eigenvalue weighted by Gasteiger charge is 2.13. The largest absolute Gasteiger partial charge is 0.296 e. The molecule has 0 saturated carbocycles. The van der Waals surface area contributed by atoms with Crippen LogP contribution in [0.5, 0.6) is 0 Å². The van der Waals surface area contributed by atoms with Gasteiger partial charge in [-0.15, -0.1) is 0 Å². The van der Waals surface area contributed by atoms with Crippen LogP contribution in [-0.4, -0.2) is 33.2 Å². The number of hydrogen-bond acceptors (Lipinski definition) is 4. The molecular weight excluding hydrogens is 178 g/mol. The molecule has 0 radical (unpaired) electrons. The van der Waals surface area contributed by atoms with Gasteiger partial charge in [-0.3, -0.25) is 10.00 Å². The maximum absolute atomic E-state index is 8.46. The van der Waals surface area contributed by atoms with Crippen molar-refractivity contribution in [2.24, 2.45) is 0 Å². The van der Waals surface area contributed by atoms with E-state index in [0.29, 0.717) is 5.82 Å². The zero-order valence-corrected chi connectivity index (χ0v) is 8.03. The molecule has 2 heterocycles. The molecule has 0 spiro atoms. The second kappa shape index (κ2) is 4.20. The summed E-state index contributed by atoms with van der Waals surface area (Å²) < 4.78 is 0. The molecule has 1 aromatic rings. The summed E-state index contributed by atoms with van der Waals surface area (Å²) in [6, 6.07) is 2.03. The molecule has 1 N–H and O–H groups in total. The Labute approximate surface area is 82.7 Å². The fourth-order valence-corrected chi connectivity index (χ4v) is 1.71. The van der Waals surface area contributed by atoms with Crippen LogP contribution in [-0.2, 0) is 13.0 Å². The van der Waals surface area contributed by atoms with Gasteiger partial charge in [-0.1, -0.05) is 0 Å². The molecule has 5 nitrogen and oxygen atoms in total. The Morgan fingerprint density at radius 2 is 2.21 bits per heavy atom. The summed E-state index contributed by atoms with van der Waals surface area (Å²) >= 11 is 0. The molecule has 1 fully saturated rings. The van der Waals surface area contributed by atoms with Crippen LogP contribution in [0.2, 0.25) is 0 Å². The molecule has 74 valence electrons. The summed E-state index contributed by atoms with van der Waals surface area (Å²) in [5, 5.41) is 15.3. The average molecular weight is 191 g/mol. The molecule has 1 aromatic heterocycles. The van der Waals surface area contributed by atoms with Crippen LogP contribution in [0, 0.1) is 11.3 Å². The van der Waals surface area contributed by atoms with Crippen molar-refractivity contribution in [3.63, 3.8) is 0 Å². The molecule has 0 bridgehead atoms. The molecule has 0 amide bonds. The normalized spacial score (nSPS) is 17.1. The molecule has 2 rings (SSSR count). The number of nitrogens with one attached hydrogen (secondary N) is 1. The molecule has 1 saturated heterocycles.